The number of aromatic nitrogens is 6. The molecule has 2 saturated heterocycles. The number of H-pyrrole nitrogens is 1. The summed E-state index contributed by atoms with van der Waals surface area (Å²) in [4.78, 5) is 34.9. The van der Waals surface area contributed by atoms with Gasteiger partial charge in [0.1, 0.15) is 23.8 Å². The third-order valence-corrected chi connectivity index (χ3v) is 7.19. The highest BCUT2D eigenvalue weighted by atomic mass is 16.2. The number of carbonyl (C=O) groups excluding carboxylic acids is 1. The second-order valence-electron chi connectivity index (χ2n) is 9.23. The summed E-state index contributed by atoms with van der Waals surface area (Å²) in [7, 11) is 1.93. The summed E-state index contributed by atoms with van der Waals surface area (Å²) in [5.74, 6) is 3.18. The molecule has 1 unspecified atom stereocenters. The van der Waals surface area contributed by atoms with Crippen molar-refractivity contribution < 1.29 is 4.79 Å². The van der Waals surface area contributed by atoms with Gasteiger partial charge in [0.25, 0.3) is 0 Å². The molecular weight excluding hydrogens is 392 g/mol. The van der Waals surface area contributed by atoms with Gasteiger partial charge in [0.15, 0.2) is 5.65 Å². The summed E-state index contributed by atoms with van der Waals surface area (Å²) in [6.07, 6.45) is 7.89. The van der Waals surface area contributed by atoms with Gasteiger partial charge in [-0.05, 0) is 50.7 Å². The largest absolute Gasteiger partial charge is 0.356 e. The van der Waals surface area contributed by atoms with Crippen molar-refractivity contribution in [2.24, 2.45) is 13.0 Å². The molecule has 1 saturated carbocycles. The van der Waals surface area contributed by atoms with E-state index in [0.717, 1.165) is 93.3 Å². The molecule has 5 heterocycles. The molecule has 0 bridgehead atoms. The molecular formula is C22H28N8O. The topological polar surface area (TPSA) is 95.8 Å². The fourth-order valence-electron chi connectivity index (χ4n) is 5.29. The van der Waals surface area contributed by atoms with Gasteiger partial charge in [-0.1, -0.05) is 0 Å². The normalized spacial score (nSPS) is 22.9. The van der Waals surface area contributed by atoms with E-state index in [1.165, 1.54) is 0 Å². The lowest BCUT2D eigenvalue weighted by atomic mass is 9.96. The molecule has 0 spiro atoms. The first-order valence-electron chi connectivity index (χ1n) is 11.4. The number of likely N-dealkylation sites (tertiary alicyclic amines) is 1. The van der Waals surface area contributed by atoms with Crippen molar-refractivity contribution in [3.63, 3.8) is 0 Å². The Bertz CT molecular complexity index is 1120. The van der Waals surface area contributed by atoms with Crippen LogP contribution in [-0.4, -0.2) is 66.7 Å². The monoisotopic (exact) mass is 420 g/mol. The number of fused-ring (bicyclic) bond motifs is 1. The van der Waals surface area contributed by atoms with E-state index < -0.39 is 0 Å². The Morgan fingerprint density at radius 1 is 1.13 bits per heavy atom. The van der Waals surface area contributed by atoms with Crippen molar-refractivity contribution in [1.82, 2.24) is 34.6 Å². The molecule has 1 amide bonds. The van der Waals surface area contributed by atoms with Crippen molar-refractivity contribution in [1.29, 1.82) is 0 Å². The van der Waals surface area contributed by atoms with Crippen LogP contribution in [0.15, 0.2) is 18.5 Å². The van der Waals surface area contributed by atoms with E-state index in [9.17, 15) is 4.79 Å². The Balaban J connectivity index is 1.25. The van der Waals surface area contributed by atoms with Gasteiger partial charge < -0.3 is 14.8 Å². The van der Waals surface area contributed by atoms with Crippen LogP contribution in [-0.2, 0) is 17.3 Å². The van der Waals surface area contributed by atoms with Gasteiger partial charge in [0.2, 0.25) is 5.91 Å². The van der Waals surface area contributed by atoms with Crippen LogP contribution < -0.4 is 4.90 Å². The van der Waals surface area contributed by atoms with Gasteiger partial charge in [-0.25, -0.2) is 15.0 Å². The highest BCUT2D eigenvalue weighted by Gasteiger charge is 2.52. The fourth-order valence-corrected chi connectivity index (χ4v) is 5.29. The van der Waals surface area contributed by atoms with Crippen LogP contribution in [0.4, 0.5) is 5.82 Å². The van der Waals surface area contributed by atoms with Crippen LogP contribution in [0, 0.1) is 5.92 Å². The van der Waals surface area contributed by atoms with Crippen LogP contribution in [0.1, 0.15) is 50.2 Å². The van der Waals surface area contributed by atoms with Gasteiger partial charge in [-0.3, -0.25) is 9.48 Å². The predicted molar refractivity (Wildman–Crippen MR) is 116 cm³/mol. The summed E-state index contributed by atoms with van der Waals surface area (Å²) < 4.78 is 1.84. The molecule has 3 aromatic rings. The number of hydrogen-bond donors (Lipinski definition) is 1. The highest BCUT2D eigenvalue weighted by Crippen LogP contribution is 2.51. The molecule has 9 nitrogen and oxygen atoms in total. The first-order valence-corrected chi connectivity index (χ1v) is 11.4. The third-order valence-electron chi connectivity index (χ3n) is 7.19. The summed E-state index contributed by atoms with van der Waals surface area (Å²) >= 11 is 0. The number of hydrogen-bond acceptors (Lipinski definition) is 6. The molecule has 3 aliphatic rings. The average Bonchev–Trinajstić information content (AvgIpc) is 3.19. The number of amides is 1. The molecule has 0 aromatic carbocycles. The maximum atomic E-state index is 12.9. The van der Waals surface area contributed by atoms with Crippen molar-refractivity contribution >= 4 is 22.9 Å². The standard InChI is InChI=1S/C22H28N8O/c1-28-21(23-14-24-28)22(8-9-22)20-25-16-6-7-17(26-18(16)27-20)30-12-4-5-15(13-30)19(31)29-10-2-3-11-29/h6-7,14-15H,2-5,8-13H2,1H3,(H,25,26,27). The maximum Gasteiger partial charge on any atom is 0.227 e. The lowest BCUT2D eigenvalue weighted by Gasteiger charge is -2.34. The molecule has 3 aromatic heterocycles. The number of imidazole rings is 1. The van der Waals surface area contributed by atoms with E-state index in [1.54, 1.807) is 6.33 Å². The van der Waals surface area contributed by atoms with Crippen molar-refractivity contribution in [2.45, 2.75) is 43.9 Å². The van der Waals surface area contributed by atoms with Crippen molar-refractivity contribution in [3.8, 4) is 0 Å². The van der Waals surface area contributed by atoms with E-state index in [1.807, 2.05) is 16.6 Å². The number of piperidine rings is 1. The molecule has 0 radical (unpaired) electrons. The maximum absolute atomic E-state index is 12.9. The average molecular weight is 421 g/mol. The van der Waals surface area contributed by atoms with Gasteiger partial charge in [0, 0.05) is 33.2 Å². The van der Waals surface area contributed by atoms with Crippen molar-refractivity contribution in [2.75, 3.05) is 31.1 Å². The Morgan fingerprint density at radius 2 is 1.97 bits per heavy atom. The number of aryl methyl sites for hydroxylation is 1. The van der Waals surface area contributed by atoms with Gasteiger partial charge in [-0.15, -0.1) is 0 Å². The number of rotatable bonds is 4. The lowest BCUT2D eigenvalue weighted by Crippen LogP contribution is -2.44. The minimum atomic E-state index is -0.176. The number of pyridine rings is 1. The zero-order valence-corrected chi connectivity index (χ0v) is 17.9. The molecule has 9 heteroatoms. The van der Waals surface area contributed by atoms with E-state index >= 15 is 0 Å². The summed E-state index contributed by atoms with van der Waals surface area (Å²) in [5, 5.41) is 4.24. The number of nitrogens with one attached hydrogen (secondary N) is 1. The van der Waals surface area contributed by atoms with Crippen molar-refractivity contribution in [3.05, 3.63) is 30.1 Å². The fraction of sp³-hybridized carbons (Fsp3) is 0.591. The summed E-state index contributed by atoms with van der Waals surface area (Å²) in [6.45, 7) is 3.52. The molecule has 6 rings (SSSR count). The number of carbonyl (C=O) groups is 1. The Morgan fingerprint density at radius 3 is 2.71 bits per heavy atom. The van der Waals surface area contributed by atoms with Crippen LogP contribution in [0.2, 0.25) is 0 Å². The Labute approximate surface area is 180 Å². The SMILES string of the molecule is Cn1ncnc1C1(c2nc3nc(N4CCCC(C(=O)N5CCCC5)C4)ccc3[nH]2)CC1. The van der Waals surface area contributed by atoms with E-state index in [4.69, 9.17) is 9.97 Å². The quantitative estimate of drug-likeness (QED) is 0.694. The summed E-state index contributed by atoms with van der Waals surface area (Å²) in [6, 6.07) is 4.11. The smallest absolute Gasteiger partial charge is 0.227 e. The second kappa shape index (κ2) is 7.03. The van der Waals surface area contributed by atoms with Crippen LogP contribution in [0.5, 0.6) is 0 Å². The minimum Gasteiger partial charge on any atom is -0.356 e. The third kappa shape index (κ3) is 3.09. The summed E-state index contributed by atoms with van der Waals surface area (Å²) in [5.41, 5.74) is 1.49. The zero-order chi connectivity index (χ0) is 21.0. The predicted octanol–water partition coefficient (Wildman–Crippen LogP) is 2.01. The molecule has 162 valence electrons. The molecule has 1 N–H and O–H groups in total. The highest BCUT2D eigenvalue weighted by molar-refractivity contribution is 5.80. The molecule has 1 atom stereocenters. The molecule has 2 aliphatic heterocycles. The van der Waals surface area contributed by atoms with Crippen LogP contribution in [0.3, 0.4) is 0 Å². The van der Waals surface area contributed by atoms with Gasteiger partial charge in [-0.2, -0.15) is 5.10 Å². The van der Waals surface area contributed by atoms with Gasteiger partial charge in [0.05, 0.1) is 16.8 Å². The van der Waals surface area contributed by atoms with Crippen LogP contribution in [0.25, 0.3) is 11.2 Å². The second-order valence-corrected chi connectivity index (χ2v) is 9.23. The molecule has 31 heavy (non-hydrogen) atoms. The Kier molecular flexibility index (Phi) is 4.26. The van der Waals surface area contributed by atoms with Gasteiger partial charge >= 0.3 is 0 Å². The Hall–Kier alpha value is -2.97. The number of aromatic amines is 1. The minimum absolute atomic E-state index is 0.0738. The zero-order valence-electron chi connectivity index (χ0n) is 17.9. The molecule has 1 aliphatic carbocycles. The number of nitrogens with zero attached hydrogens (tertiary/aromatic N) is 7. The van der Waals surface area contributed by atoms with E-state index in [2.05, 4.69) is 32.1 Å². The lowest BCUT2D eigenvalue weighted by molar-refractivity contribution is -0.134. The molecule has 3 fully saturated rings. The first-order chi connectivity index (χ1) is 15.1. The van der Waals surface area contributed by atoms with E-state index in [-0.39, 0.29) is 11.3 Å². The number of anilines is 1. The van der Waals surface area contributed by atoms with E-state index in [0.29, 0.717) is 5.91 Å². The van der Waals surface area contributed by atoms with Crippen LogP contribution >= 0.6 is 0 Å². The first kappa shape index (κ1) is 18.8.